The molecule has 2 aromatic heterocycles. The molecule has 0 fully saturated rings. The van der Waals surface area contributed by atoms with Gasteiger partial charge >= 0.3 is 0 Å². The molecule has 0 aliphatic rings. The van der Waals surface area contributed by atoms with Gasteiger partial charge in [0.05, 0.1) is 11.9 Å². The van der Waals surface area contributed by atoms with Gasteiger partial charge in [-0.25, -0.2) is 4.98 Å². The lowest BCUT2D eigenvalue weighted by Crippen LogP contribution is -2.33. The number of hydrogen-bond donors (Lipinski definition) is 2. The molecule has 0 aliphatic heterocycles. The number of carbonyl (C=O) groups excluding carboxylic acids is 2. The fourth-order valence-corrected chi connectivity index (χ4v) is 3.33. The molecule has 138 valence electrons. The third kappa shape index (κ3) is 5.21. The molecule has 0 saturated carbocycles. The standard InChI is InChI=1S/C20H20N4O2S/c1-14(7-8-15-5-3-2-4-6-15)23-20(26)18-16(9-12-27-18)24-19(25)17-13-21-10-11-22-17/h2-6,9-14H,7-8H2,1H3,(H,23,26)(H,24,25)/t14-/m0/s1. The largest absolute Gasteiger partial charge is 0.349 e. The molecule has 0 spiro atoms. The number of hydrogen-bond acceptors (Lipinski definition) is 5. The van der Waals surface area contributed by atoms with Gasteiger partial charge in [-0.2, -0.15) is 0 Å². The summed E-state index contributed by atoms with van der Waals surface area (Å²) >= 11 is 1.29. The van der Waals surface area contributed by atoms with E-state index in [1.807, 2.05) is 25.1 Å². The number of nitrogens with one attached hydrogen (secondary N) is 2. The quantitative estimate of drug-likeness (QED) is 0.657. The van der Waals surface area contributed by atoms with E-state index >= 15 is 0 Å². The third-order valence-electron chi connectivity index (χ3n) is 4.00. The zero-order chi connectivity index (χ0) is 19.1. The van der Waals surface area contributed by atoms with Crippen LogP contribution in [0.2, 0.25) is 0 Å². The number of carbonyl (C=O) groups is 2. The maximum atomic E-state index is 12.6. The highest BCUT2D eigenvalue weighted by molar-refractivity contribution is 7.12. The summed E-state index contributed by atoms with van der Waals surface area (Å²) in [5, 5.41) is 7.50. The topological polar surface area (TPSA) is 84.0 Å². The minimum atomic E-state index is -0.396. The first-order valence-electron chi connectivity index (χ1n) is 8.63. The van der Waals surface area contributed by atoms with Gasteiger partial charge in [-0.1, -0.05) is 30.3 Å². The minimum Gasteiger partial charge on any atom is -0.349 e. The van der Waals surface area contributed by atoms with Gasteiger partial charge in [-0.15, -0.1) is 11.3 Å². The van der Waals surface area contributed by atoms with E-state index in [1.165, 1.54) is 35.5 Å². The number of benzene rings is 1. The Hall–Kier alpha value is -3.06. The smallest absolute Gasteiger partial charge is 0.275 e. The van der Waals surface area contributed by atoms with Crippen molar-refractivity contribution in [2.45, 2.75) is 25.8 Å². The number of nitrogens with zero attached hydrogens (tertiary/aromatic N) is 2. The average Bonchev–Trinajstić information content (AvgIpc) is 3.16. The van der Waals surface area contributed by atoms with E-state index in [1.54, 1.807) is 11.4 Å². The maximum Gasteiger partial charge on any atom is 0.275 e. The second-order valence-corrected chi connectivity index (χ2v) is 7.02. The number of amides is 2. The second kappa shape index (κ2) is 9.05. The van der Waals surface area contributed by atoms with Gasteiger partial charge in [0.1, 0.15) is 10.6 Å². The Bertz CT molecular complexity index is 897. The summed E-state index contributed by atoms with van der Waals surface area (Å²) in [7, 11) is 0. The van der Waals surface area contributed by atoms with E-state index in [4.69, 9.17) is 0 Å². The Morgan fingerprint density at radius 1 is 1.11 bits per heavy atom. The summed E-state index contributed by atoms with van der Waals surface area (Å²) < 4.78 is 0. The predicted octanol–water partition coefficient (Wildman–Crippen LogP) is 3.54. The SMILES string of the molecule is C[C@@H](CCc1ccccc1)NC(=O)c1sccc1NC(=O)c1cnccn1. The lowest BCUT2D eigenvalue weighted by atomic mass is 10.1. The molecule has 1 aromatic carbocycles. The molecule has 2 heterocycles. The van der Waals surface area contributed by atoms with E-state index in [-0.39, 0.29) is 17.6 Å². The van der Waals surface area contributed by atoms with Gasteiger partial charge in [0, 0.05) is 18.4 Å². The maximum absolute atomic E-state index is 12.6. The Kier molecular flexibility index (Phi) is 6.27. The molecular formula is C20H20N4O2S. The number of aromatic nitrogens is 2. The van der Waals surface area contributed by atoms with Crippen LogP contribution in [-0.4, -0.2) is 27.8 Å². The summed E-state index contributed by atoms with van der Waals surface area (Å²) in [6.07, 6.45) is 6.06. The number of anilines is 1. The lowest BCUT2D eigenvalue weighted by Gasteiger charge is -2.14. The molecule has 0 radical (unpaired) electrons. The summed E-state index contributed by atoms with van der Waals surface area (Å²) in [5.41, 5.74) is 1.92. The normalized spacial score (nSPS) is 11.6. The minimum absolute atomic E-state index is 0.0170. The number of thiophene rings is 1. The predicted molar refractivity (Wildman–Crippen MR) is 106 cm³/mol. The van der Waals surface area contributed by atoms with Crippen molar-refractivity contribution in [1.82, 2.24) is 15.3 Å². The van der Waals surface area contributed by atoms with Gasteiger partial charge < -0.3 is 10.6 Å². The lowest BCUT2D eigenvalue weighted by molar-refractivity contribution is 0.0943. The Morgan fingerprint density at radius 2 is 1.93 bits per heavy atom. The van der Waals surface area contributed by atoms with E-state index in [2.05, 4.69) is 32.7 Å². The summed E-state index contributed by atoms with van der Waals surface area (Å²) in [6.45, 7) is 1.98. The van der Waals surface area contributed by atoms with Crippen LogP contribution in [0.5, 0.6) is 0 Å². The van der Waals surface area contributed by atoms with Gasteiger partial charge in [0.25, 0.3) is 11.8 Å². The van der Waals surface area contributed by atoms with Crippen molar-refractivity contribution in [2.24, 2.45) is 0 Å². The first-order chi connectivity index (χ1) is 13.1. The molecule has 3 rings (SSSR count). The molecule has 0 bridgehead atoms. The monoisotopic (exact) mass is 380 g/mol. The first-order valence-corrected chi connectivity index (χ1v) is 9.51. The average molecular weight is 380 g/mol. The molecule has 1 atom stereocenters. The van der Waals surface area contributed by atoms with Crippen LogP contribution in [0.1, 0.15) is 39.1 Å². The Balaban J connectivity index is 1.57. The van der Waals surface area contributed by atoms with E-state index in [0.717, 1.165) is 12.8 Å². The molecule has 0 saturated heterocycles. The Morgan fingerprint density at radius 3 is 2.67 bits per heavy atom. The molecule has 7 heteroatoms. The molecule has 6 nitrogen and oxygen atoms in total. The summed E-state index contributed by atoms with van der Waals surface area (Å²) in [6, 6.07) is 11.9. The van der Waals surface area contributed by atoms with Crippen LogP contribution in [0, 0.1) is 0 Å². The van der Waals surface area contributed by atoms with Crippen molar-refractivity contribution >= 4 is 28.8 Å². The van der Waals surface area contributed by atoms with Gasteiger partial charge in [-0.05, 0) is 36.8 Å². The van der Waals surface area contributed by atoms with Gasteiger partial charge in [0.2, 0.25) is 0 Å². The third-order valence-corrected chi connectivity index (χ3v) is 4.91. The van der Waals surface area contributed by atoms with Crippen LogP contribution in [0.15, 0.2) is 60.4 Å². The highest BCUT2D eigenvalue weighted by atomic mass is 32.1. The zero-order valence-corrected chi connectivity index (χ0v) is 15.7. The van der Waals surface area contributed by atoms with Crippen molar-refractivity contribution in [3.63, 3.8) is 0 Å². The fraction of sp³-hybridized carbons (Fsp3) is 0.200. The molecule has 2 N–H and O–H groups in total. The van der Waals surface area contributed by atoms with Crippen molar-refractivity contribution in [3.8, 4) is 0 Å². The summed E-state index contributed by atoms with van der Waals surface area (Å²) in [5.74, 6) is -0.590. The second-order valence-electron chi connectivity index (χ2n) is 6.11. The van der Waals surface area contributed by atoms with Crippen molar-refractivity contribution < 1.29 is 9.59 Å². The number of rotatable bonds is 7. The first kappa shape index (κ1) is 18.7. The van der Waals surface area contributed by atoms with Crippen LogP contribution in [0.3, 0.4) is 0 Å². The molecule has 3 aromatic rings. The highest BCUT2D eigenvalue weighted by Gasteiger charge is 2.18. The molecular weight excluding hydrogens is 360 g/mol. The van der Waals surface area contributed by atoms with Crippen molar-refractivity contribution in [3.05, 3.63) is 76.5 Å². The van der Waals surface area contributed by atoms with Gasteiger partial charge in [0.15, 0.2) is 0 Å². The highest BCUT2D eigenvalue weighted by Crippen LogP contribution is 2.23. The van der Waals surface area contributed by atoms with E-state index in [0.29, 0.717) is 10.6 Å². The van der Waals surface area contributed by atoms with Crippen molar-refractivity contribution in [2.75, 3.05) is 5.32 Å². The van der Waals surface area contributed by atoms with E-state index < -0.39 is 5.91 Å². The van der Waals surface area contributed by atoms with Crippen LogP contribution in [-0.2, 0) is 6.42 Å². The van der Waals surface area contributed by atoms with Crippen LogP contribution >= 0.6 is 11.3 Å². The van der Waals surface area contributed by atoms with Crippen molar-refractivity contribution in [1.29, 1.82) is 0 Å². The molecule has 27 heavy (non-hydrogen) atoms. The zero-order valence-electron chi connectivity index (χ0n) is 14.9. The summed E-state index contributed by atoms with van der Waals surface area (Å²) in [4.78, 5) is 33.1. The molecule has 0 aliphatic carbocycles. The number of aryl methyl sites for hydroxylation is 1. The van der Waals surface area contributed by atoms with Crippen LogP contribution in [0.25, 0.3) is 0 Å². The van der Waals surface area contributed by atoms with Crippen LogP contribution in [0.4, 0.5) is 5.69 Å². The van der Waals surface area contributed by atoms with Crippen LogP contribution < -0.4 is 10.6 Å². The van der Waals surface area contributed by atoms with Gasteiger partial charge in [-0.3, -0.25) is 14.6 Å². The van der Waals surface area contributed by atoms with E-state index in [9.17, 15) is 9.59 Å². The molecule has 0 unspecified atom stereocenters. The fourth-order valence-electron chi connectivity index (χ4n) is 2.58. The Labute approximate surface area is 161 Å². The molecule has 2 amide bonds.